The second-order valence-corrected chi connectivity index (χ2v) is 10.9. The van der Waals surface area contributed by atoms with Gasteiger partial charge in [0, 0.05) is 54.1 Å². The molecule has 1 amide bonds. The third-order valence-corrected chi connectivity index (χ3v) is 8.08. The zero-order chi connectivity index (χ0) is 21.3. The van der Waals surface area contributed by atoms with E-state index in [1.807, 2.05) is 23.2 Å². The monoisotopic (exact) mass is 538 g/mol. The Kier molecular flexibility index (Phi) is 9.25. The van der Waals surface area contributed by atoms with Crippen molar-refractivity contribution in [3.63, 3.8) is 0 Å². The number of nitrogens with zero attached hydrogens (tertiary/aromatic N) is 3. The number of aromatic amines is 1. The number of amides is 1. The van der Waals surface area contributed by atoms with E-state index in [-0.39, 0.29) is 54.0 Å². The number of likely N-dealkylation sites (tertiary alicyclic amines) is 1. The van der Waals surface area contributed by atoms with Gasteiger partial charge in [-0.25, -0.2) is 8.42 Å². The SMILES string of the molecule is Cl.Cl.Cn1ccsc1=NC1CCN(C(=O)CCS(=O)(=O)c2cc3cc(Cl)ccc3[nH]2)CC1. The summed E-state index contributed by atoms with van der Waals surface area (Å²) in [6.07, 6.45) is 3.53. The molecule has 1 saturated heterocycles. The molecular weight excluding hydrogens is 515 g/mol. The minimum absolute atomic E-state index is 0. The maximum absolute atomic E-state index is 12.7. The minimum Gasteiger partial charge on any atom is -0.346 e. The van der Waals surface area contributed by atoms with Gasteiger partial charge in [-0.05, 0) is 37.1 Å². The van der Waals surface area contributed by atoms with Crippen molar-refractivity contribution in [2.24, 2.45) is 12.0 Å². The van der Waals surface area contributed by atoms with Crippen LogP contribution in [0.5, 0.6) is 0 Å². The molecular formula is C20H25Cl3N4O3S2. The van der Waals surface area contributed by atoms with Gasteiger partial charge in [-0.1, -0.05) is 11.6 Å². The zero-order valence-electron chi connectivity index (χ0n) is 17.4. The van der Waals surface area contributed by atoms with Crippen LogP contribution in [-0.4, -0.2) is 53.7 Å². The molecule has 2 aromatic heterocycles. The number of piperidine rings is 1. The number of benzene rings is 1. The summed E-state index contributed by atoms with van der Waals surface area (Å²) in [4.78, 5) is 23.0. The molecule has 0 unspecified atom stereocenters. The molecule has 1 fully saturated rings. The smallest absolute Gasteiger partial charge is 0.223 e. The van der Waals surface area contributed by atoms with Gasteiger partial charge < -0.3 is 14.5 Å². The van der Waals surface area contributed by atoms with E-state index >= 15 is 0 Å². The standard InChI is InChI=1S/C20H23ClN4O3S2.2ClH/c1-24-9-10-29-20(24)22-16-4-7-25(8-5-16)19(26)6-11-30(27,28)18-13-14-12-15(21)2-3-17(14)23-18;;/h2-3,9-10,12-13,16,23H,4-8,11H2,1H3;2*1H. The van der Waals surface area contributed by atoms with E-state index in [9.17, 15) is 13.2 Å². The van der Waals surface area contributed by atoms with Crippen molar-refractivity contribution >= 4 is 74.4 Å². The highest BCUT2D eigenvalue weighted by molar-refractivity contribution is 7.91. The van der Waals surface area contributed by atoms with Crippen LogP contribution in [0.1, 0.15) is 19.3 Å². The molecule has 12 heteroatoms. The predicted molar refractivity (Wildman–Crippen MR) is 133 cm³/mol. The number of fused-ring (bicyclic) bond motifs is 1. The molecule has 0 atom stereocenters. The summed E-state index contributed by atoms with van der Waals surface area (Å²) in [5, 5.41) is 3.40. The van der Waals surface area contributed by atoms with Crippen LogP contribution >= 0.6 is 47.8 Å². The van der Waals surface area contributed by atoms with Crippen LogP contribution in [0, 0.1) is 0 Å². The molecule has 0 aliphatic carbocycles. The number of aromatic nitrogens is 2. The van der Waals surface area contributed by atoms with Gasteiger partial charge >= 0.3 is 0 Å². The van der Waals surface area contributed by atoms with Gasteiger partial charge in [-0.3, -0.25) is 9.79 Å². The number of thiazole rings is 1. The number of rotatable bonds is 5. The van der Waals surface area contributed by atoms with Crippen molar-refractivity contribution in [1.82, 2.24) is 14.5 Å². The molecule has 0 radical (unpaired) electrons. The number of halogens is 3. The first-order chi connectivity index (χ1) is 14.3. The lowest BCUT2D eigenvalue weighted by Crippen LogP contribution is -2.40. The second kappa shape index (κ2) is 11.1. The first kappa shape index (κ1) is 26.7. The Morgan fingerprint density at radius 2 is 1.97 bits per heavy atom. The fourth-order valence-electron chi connectivity index (χ4n) is 3.59. The lowest BCUT2D eigenvalue weighted by molar-refractivity contribution is -0.131. The van der Waals surface area contributed by atoms with Gasteiger partial charge in [0.15, 0.2) is 14.6 Å². The Morgan fingerprint density at radius 1 is 1.25 bits per heavy atom. The van der Waals surface area contributed by atoms with E-state index in [4.69, 9.17) is 16.6 Å². The number of hydrogen-bond acceptors (Lipinski definition) is 5. The van der Waals surface area contributed by atoms with Crippen molar-refractivity contribution in [3.05, 3.63) is 45.7 Å². The molecule has 7 nitrogen and oxygen atoms in total. The first-order valence-electron chi connectivity index (χ1n) is 9.74. The predicted octanol–water partition coefficient (Wildman–Crippen LogP) is 3.82. The van der Waals surface area contributed by atoms with Gasteiger partial charge in [-0.2, -0.15) is 0 Å². The van der Waals surface area contributed by atoms with Crippen LogP contribution in [0.3, 0.4) is 0 Å². The van der Waals surface area contributed by atoms with Crippen LogP contribution in [-0.2, 0) is 21.7 Å². The largest absolute Gasteiger partial charge is 0.346 e. The number of H-pyrrole nitrogens is 1. The average molecular weight is 540 g/mol. The fourth-order valence-corrected chi connectivity index (χ4v) is 5.80. The second-order valence-electron chi connectivity index (χ2n) is 7.47. The molecule has 0 bridgehead atoms. The molecule has 32 heavy (non-hydrogen) atoms. The van der Waals surface area contributed by atoms with Gasteiger partial charge in [0.25, 0.3) is 0 Å². The van der Waals surface area contributed by atoms with Gasteiger partial charge in [-0.15, -0.1) is 36.2 Å². The zero-order valence-corrected chi connectivity index (χ0v) is 21.4. The summed E-state index contributed by atoms with van der Waals surface area (Å²) < 4.78 is 27.4. The fraction of sp³-hybridized carbons (Fsp3) is 0.400. The van der Waals surface area contributed by atoms with E-state index in [1.165, 1.54) is 0 Å². The normalized spacial score (nSPS) is 15.4. The molecule has 0 saturated carbocycles. The summed E-state index contributed by atoms with van der Waals surface area (Å²) in [5.41, 5.74) is 0.703. The highest BCUT2D eigenvalue weighted by Gasteiger charge is 2.25. The maximum atomic E-state index is 12.7. The molecule has 4 rings (SSSR count). The Labute approximate surface area is 208 Å². The molecule has 1 aliphatic rings. The highest BCUT2D eigenvalue weighted by atomic mass is 35.5. The molecule has 1 aromatic carbocycles. The third kappa shape index (κ3) is 6.08. The molecule has 1 aliphatic heterocycles. The highest BCUT2D eigenvalue weighted by Crippen LogP contribution is 2.23. The average Bonchev–Trinajstić information content (AvgIpc) is 3.33. The topological polar surface area (TPSA) is 87.5 Å². The van der Waals surface area contributed by atoms with Gasteiger partial charge in [0.1, 0.15) is 5.03 Å². The molecule has 3 aromatic rings. The van der Waals surface area contributed by atoms with E-state index in [2.05, 4.69) is 4.98 Å². The maximum Gasteiger partial charge on any atom is 0.223 e. The Hall–Kier alpha value is -1.52. The van der Waals surface area contributed by atoms with Crippen molar-refractivity contribution in [1.29, 1.82) is 0 Å². The van der Waals surface area contributed by atoms with Crippen molar-refractivity contribution in [2.75, 3.05) is 18.8 Å². The number of sulfone groups is 1. The van der Waals surface area contributed by atoms with Crippen molar-refractivity contribution in [3.8, 4) is 0 Å². The van der Waals surface area contributed by atoms with Crippen LogP contribution in [0.25, 0.3) is 10.9 Å². The molecule has 1 N–H and O–H groups in total. The molecule has 176 valence electrons. The van der Waals surface area contributed by atoms with Crippen LogP contribution in [0.4, 0.5) is 0 Å². The van der Waals surface area contributed by atoms with Crippen molar-refractivity contribution < 1.29 is 13.2 Å². The van der Waals surface area contributed by atoms with Gasteiger partial charge in [0.05, 0.1) is 11.8 Å². The summed E-state index contributed by atoms with van der Waals surface area (Å²) in [6, 6.07) is 6.92. The van der Waals surface area contributed by atoms with E-state index in [0.717, 1.165) is 23.0 Å². The van der Waals surface area contributed by atoms with Crippen LogP contribution in [0.15, 0.2) is 45.9 Å². The molecule has 3 heterocycles. The number of carbonyl (C=O) groups excluding carboxylic acids is 1. The number of nitrogens with one attached hydrogen (secondary N) is 1. The summed E-state index contributed by atoms with van der Waals surface area (Å²) in [6.45, 7) is 1.21. The summed E-state index contributed by atoms with van der Waals surface area (Å²) in [7, 11) is -1.62. The van der Waals surface area contributed by atoms with E-state index in [1.54, 1.807) is 40.5 Å². The summed E-state index contributed by atoms with van der Waals surface area (Å²) >= 11 is 7.57. The summed E-state index contributed by atoms with van der Waals surface area (Å²) in [5.74, 6) is -0.347. The quantitative estimate of drug-likeness (QED) is 0.535. The number of aryl methyl sites for hydroxylation is 1. The van der Waals surface area contributed by atoms with Crippen LogP contribution in [0.2, 0.25) is 5.02 Å². The first-order valence-corrected chi connectivity index (χ1v) is 12.7. The van der Waals surface area contributed by atoms with Crippen molar-refractivity contribution in [2.45, 2.75) is 30.3 Å². The van der Waals surface area contributed by atoms with E-state index < -0.39 is 9.84 Å². The lowest BCUT2D eigenvalue weighted by Gasteiger charge is -2.30. The van der Waals surface area contributed by atoms with Gasteiger partial charge in [0.2, 0.25) is 5.91 Å². The third-order valence-electron chi connectivity index (χ3n) is 5.35. The Bertz CT molecular complexity index is 1240. The minimum atomic E-state index is -3.58. The Balaban J connectivity index is 0.00000181. The lowest BCUT2D eigenvalue weighted by atomic mass is 10.1. The van der Waals surface area contributed by atoms with E-state index in [0.29, 0.717) is 23.6 Å². The number of hydrogen-bond donors (Lipinski definition) is 1. The van der Waals surface area contributed by atoms with Crippen LogP contribution < -0.4 is 4.80 Å². The number of carbonyl (C=O) groups is 1. The molecule has 0 spiro atoms. The Morgan fingerprint density at radius 3 is 2.62 bits per heavy atom.